The normalized spacial score (nSPS) is 10.2. The van der Waals surface area contributed by atoms with Gasteiger partial charge >= 0.3 is 0 Å². The molecule has 2 rings (SSSR count). The van der Waals surface area contributed by atoms with E-state index < -0.39 is 0 Å². The molecular formula is C13H12ClNO2. The lowest BCUT2D eigenvalue weighted by Crippen LogP contribution is -1.99. The van der Waals surface area contributed by atoms with Crippen LogP contribution in [0.4, 0.5) is 0 Å². The van der Waals surface area contributed by atoms with Crippen molar-refractivity contribution in [3.63, 3.8) is 0 Å². The average Bonchev–Trinajstić information content (AvgIpc) is 2.33. The van der Waals surface area contributed by atoms with Gasteiger partial charge in [-0.05, 0) is 18.2 Å². The molecule has 17 heavy (non-hydrogen) atoms. The van der Waals surface area contributed by atoms with Gasteiger partial charge in [0.1, 0.15) is 5.75 Å². The summed E-state index contributed by atoms with van der Waals surface area (Å²) in [5, 5.41) is 10.1. The Labute approximate surface area is 104 Å². The molecule has 2 aromatic rings. The van der Waals surface area contributed by atoms with Gasteiger partial charge < -0.3 is 15.6 Å². The maximum Gasteiger partial charge on any atom is 0.169 e. The van der Waals surface area contributed by atoms with E-state index in [1.54, 1.807) is 18.2 Å². The first-order valence-corrected chi connectivity index (χ1v) is 5.53. The molecule has 0 aliphatic rings. The van der Waals surface area contributed by atoms with Gasteiger partial charge in [0.15, 0.2) is 11.5 Å². The van der Waals surface area contributed by atoms with Gasteiger partial charge in [-0.15, -0.1) is 0 Å². The van der Waals surface area contributed by atoms with Gasteiger partial charge in [0, 0.05) is 23.2 Å². The third-order valence-electron chi connectivity index (χ3n) is 2.33. The third kappa shape index (κ3) is 2.70. The number of aromatic hydroxyl groups is 1. The highest BCUT2D eigenvalue weighted by Crippen LogP contribution is 2.33. The number of hydrogen-bond donors (Lipinski definition) is 2. The Hall–Kier alpha value is -1.71. The maximum atomic E-state index is 9.68. The SMILES string of the molecule is NCc1ccccc1Oc1ccc(Cl)cc1O. The lowest BCUT2D eigenvalue weighted by Gasteiger charge is -2.10. The summed E-state index contributed by atoms with van der Waals surface area (Å²) in [7, 11) is 0. The van der Waals surface area contributed by atoms with Gasteiger partial charge in [-0.1, -0.05) is 29.8 Å². The molecule has 0 saturated carbocycles. The number of halogens is 1. The van der Waals surface area contributed by atoms with Crippen molar-refractivity contribution in [2.45, 2.75) is 6.54 Å². The molecule has 0 heterocycles. The molecule has 2 aromatic carbocycles. The summed E-state index contributed by atoms with van der Waals surface area (Å²) >= 11 is 5.74. The lowest BCUT2D eigenvalue weighted by molar-refractivity contribution is 0.409. The second-order valence-corrected chi connectivity index (χ2v) is 3.96. The summed E-state index contributed by atoms with van der Waals surface area (Å²) in [5.41, 5.74) is 6.48. The molecule has 0 spiro atoms. The van der Waals surface area contributed by atoms with Gasteiger partial charge in [0.05, 0.1) is 0 Å². The minimum absolute atomic E-state index is 0.00400. The van der Waals surface area contributed by atoms with Crippen LogP contribution in [0, 0.1) is 0 Å². The number of phenols is 1. The Bertz CT molecular complexity index is 529. The first kappa shape index (κ1) is 11.8. The van der Waals surface area contributed by atoms with Gasteiger partial charge in [0.25, 0.3) is 0 Å². The molecule has 0 fully saturated rings. The van der Waals surface area contributed by atoms with E-state index >= 15 is 0 Å². The number of hydrogen-bond acceptors (Lipinski definition) is 3. The van der Waals surface area contributed by atoms with Crippen molar-refractivity contribution in [1.82, 2.24) is 0 Å². The molecular weight excluding hydrogens is 238 g/mol. The number of ether oxygens (including phenoxy) is 1. The van der Waals surface area contributed by atoms with E-state index in [4.69, 9.17) is 22.1 Å². The van der Waals surface area contributed by atoms with E-state index in [9.17, 15) is 5.11 Å². The fraction of sp³-hybridized carbons (Fsp3) is 0.0769. The van der Waals surface area contributed by atoms with Crippen molar-refractivity contribution in [1.29, 1.82) is 0 Å². The Balaban J connectivity index is 2.31. The smallest absolute Gasteiger partial charge is 0.169 e. The zero-order valence-corrected chi connectivity index (χ0v) is 9.82. The molecule has 0 aliphatic carbocycles. The first-order chi connectivity index (χ1) is 8.20. The molecule has 3 nitrogen and oxygen atoms in total. The zero-order valence-electron chi connectivity index (χ0n) is 9.06. The largest absolute Gasteiger partial charge is 0.504 e. The van der Waals surface area contributed by atoms with Crippen LogP contribution in [0.2, 0.25) is 5.02 Å². The zero-order chi connectivity index (χ0) is 12.3. The fourth-order valence-corrected chi connectivity index (χ4v) is 1.63. The van der Waals surface area contributed by atoms with Crippen molar-refractivity contribution >= 4 is 11.6 Å². The van der Waals surface area contributed by atoms with Crippen LogP contribution < -0.4 is 10.5 Å². The predicted octanol–water partition coefficient (Wildman–Crippen LogP) is 3.30. The molecule has 4 heteroatoms. The van der Waals surface area contributed by atoms with Crippen LogP contribution in [0.15, 0.2) is 42.5 Å². The summed E-state index contributed by atoms with van der Waals surface area (Å²) in [4.78, 5) is 0. The van der Waals surface area contributed by atoms with Crippen LogP contribution in [0.25, 0.3) is 0 Å². The third-order valence-corrected chi connectivity index (χ3v) is 2.57. The highest BCUT2D eigenvalue weighted by atomic mass is 35.5. The van der Waals surface area contributed by atoms with Crippen molar-refractivity contribution in [3.8, 4) is 17.2 Å². The lowest BCUT2D eigenvalue weighted by atomic mass is 10.2. The predicted molar refractivity (Wildman–Crippen MR) is 67.5 cm³/mol. The maximum absolute atomic E-state index is 9.68. The van der Waals surface area contributed by atoms with Crippen LogP contribution in [-0.4, -0.2) is 5.11 Å². The molecule has 0 aromatic heterocycles. The Morgan fingerprint density at radius 1 is 1.12 bits per heavy atom. The Morgan fingerprint density at radius 3 is 2.59 bits per heavy atom. The minimum Gasteiger partial charge on any atom is -0.504 e. The van der Waals surface area contributed by atoms with Crippen molar-refractivity contribution < 1.29 is 9.84 Å². The second-order valence-electron chi connectivity index (χ2n) is 3.53. The molecule has 0 aliphatic heterocycles. The molecule has 0 unspecified atom stereocenters. The van der Waals surface area contributed by atoms with E-state index in [0.717, 1.165) is 5.56 Å². The Morgan fingerprint density at radius 2 is 1.88 bits per heavy atom. The topological polar surface area (TPSA) is 55.5 Å². The quantitative estimate of drug-likeness (QED) is 0.878. The van der Waals surface area contributed by atoms with Crippen molar-refractivity contribution in [3.05, 3.63) is 53.1 Å². The second kappa shape index (κ2) is 5.08. The molecule has 88 valence electrons. The number of benzene rings is 2. The number of phenolic OH excluding ortho intramolecular Hbond substituents is 1. The number of rotatable bonds is 3. The van der Waals surface area contributed by atoms with E-state index in [-0.39, 0.29) is 5.75 Å². The molecule has 0 amide bonds. The number of para-hydroxylation sites is 1. The average molecular weight is 250 g/mol. The summed E-state index contributed by atoms with van der Waals surface area (Å²) in [6, 6.07) is 12.1. The highest BCUT2D eigenvalue weighted by Gasteiger charge is 2.07. The van der Waals surface area contributed by atoms with E-state index in [1.807, 2.05) is 18.2 Å². The van der Waals surface area contributed by atoms with E-state index in [1.165, 1.54) is 6.07 Å². The fourth-order valence-electron chi connectivity index (χ4n) is 1.47. The van der Waals surface area contributed by atoms with Crippen LogP contribution >= 0.6 is 11.6 Å². The summed E-state index contributed by atoms with van der Waals surface area (Å²) in [5.74, 6) is 0.993. The van der Waals surface area contributed by atoms with Gasteiger partial charge in [0.2, 0.25) is 0 Å². The summed E-state index contributed by atoms with van der Waals surface area (Å²) < 4.78 is 5.60. The molecule has 0 radical (unpaired) electrons. The molecule has 0 bridgehead atoms. The van der Waals surface area contributed by atoms with Gasteiger partial charge in [-0.25, -0.2) is 0 Å². The van der Waals surface area contributed by atoms with Crippen LogP contribution in [0.1, 0.15) is 5.56 Å². The highest BCUT2D eigenvalue weighted by molar-refractivity contribution is 6.30. The van der Waals surface area contributed by atoms with Crippen LogP contribution in [-0.2, 0) is 6.54 Å². The molecule has 3 N–H and O–H groups in total. The van der Waals surface area contributed by atoms with E-state index in [0.29, 0.717) is 23.1 Å². The molecule has 0 saturated heterocycles. The van der Waals surface area contributed by atoms with Crippen molar-refractivity contribution in [2.24, 2.45) is 5.73 Å². The summed E-state index contributed by atoms with van der Waals surface area (Å²) in [6.45, 7) is 0.379. The van der Waals surface area contributed by atoms with Crippen molar-refractivity contribution in [2.75, 3.05) is 0 Å². The monoisotopic (exact) mass is 249 g/mol. The molecule has 0 atom stereocenters. The summed E-state index contributed by atoms with van der Waals surface area (Å²) in [6.07, 6.45) is 0. The number of nitrogens with two attached hydrogens (primary N) is 1. The van der Waals surface area contributed by atoms with E-state index in [2.05, 4.69) is 0 Å². The van der Waals surface area contributed by atoms with Crippen LogP contribution in [0.3, 0.4) is 0 Å². The Kier molecular flexibility index (Phi) is 3.52. The van der Waals surface area contributed by atoms with Gasteiger partial charge in [-0.2, -0.15) is 0 Å². The van der Waals surface area contributed by atoms with Crippen LogP contribution in [0.5, 0.6) is 17.2 Å². The first-order valence-electron chi connectivity index (χ1n) is 5.15. The minimum atomic E-state index is 0.00400. The van der Waals surface area contributed by atoms with Gasteiger partial charge in [-0.3, -0.25) is 0 Å². The standard InChI is InChI=1S/C13H12ClNO2/c14-10-5-6-13(11(16)7-10)17-12-4-2-1-3-9(12)8-15/h1-7,16H,8,15H2.